The van der Waals surface area contributed by atoms with Gasteiger partial charge in [0.15, 0.2) is 6.10 Å². The van der Waals surface area contributed by atoms with Crippen LogP contribution in [0.1, 0.15) is 85.0 Å². The lowest BCUT2D eigenvalue weighted by Crippen LogP contribution is -2.28. The van der Waals surface area contributed by atoms with Crippen LogP contribution in [0.2, 0.25) is 0 Å². The predicted octanol–water partition coefficient (Wildman–Crippen LogP) is 5.05. The summed E-state index contributed by atoms with van der Waals surface area (Å²) in [7, 11) is 0. The van der Waals surface area contributed by atoms with Crippen LogP contribution in [0, 0.1) is 0 Å². The molecule has 7 heteroatoms. The highest BCUT2D eigenvalue weighted by molar-refractivity contribution is 5.76. The van der Waals surface area contributed by atoms with Crippen molar-refractivity contribution < 1.29 is 33.3 Å². The van der Waals surface area contributed by atoms with E-state index in [1.807, 2.05) is 0 Å². The first-order valence-electron chi connectivity index (χ1n) is 11.3. The Morgan fingerprint density at radius 2 is 1.17 bits per heavy atom. The van der Waals surface area contributed by atoms with Crippen LogP contribution in [0.3, 0.4) is 0 Å². The first kappa shape index (κ1) is 27.7. The van der Waals surface area contributed by atoms with Crippen LogP contribution in [0.5, 0.6) is 0 Å². The zero-order chi connectivity index (χ0) is 21.6. The van der Waals surface area contributed by atoms with Gasteiger partial charge in [0.1, 0.15) is 6.61 Å². The maximum absolute atomic E-state index is 11.8. The van der Waals surface area contributed by atoms with Crippen LogP contribution < -0.4 is 0 Å². The topological polar surface area (TPSA) is 80.3 Å². The van der Waals surface area contributed by atoms with Gasteiger partial charge in [-0.05, 0) is 19.8 Å². The molecule has 7 nitrogen and oxygen atoms in total. The molecule has 0 aliphatic rings. The third-order valence-electron chi connectivity index (χ3n) is 4.31. The minimum absolute atomic E-state index is 0.106. The quantitative estimate of drug-likeness (QED) is 0.202. The lowest BCUT2D eigenvalue weighted by molar-refractivity contribution is -0.155. The molecule has 0 saturated heterocycles. The van der Waals surface area contributed by atoms with Gasteiger partial charge in [-0.1, -0.05) is 65.2 Å². The predicted molar refractivity (Wildman–Crippen MR) is 112 cm³/mol. The maximum atomic E-state index is 11.8. The fourth-order valence-electron chi connectivity index (χ4n) is 2.50. The van der Waals surface area contributed by atoms with E-state index in [0.29, 0.717) is 19.8 Å². The van der Waals surface area contributed by atoms with E-state index in [-0.39, 0.29) is 13.2 Å². The highest BCUT2D eigenvalue weighted by Gasteiger charge is 2.20. The Kier molecular flexibility index (Phi) is 20.4. The zero-order valence-electron chi connectivity index (χ0n) is 18.7. The number of hydrogen-bond acceptors (Lipinski definition) is 7. The fourth-order valence-corrected chi connectivity index (χ4v) is 2.50. The molecule has 0 heterocycles. The molecule has 0 aromatic carbocycles. The average Bonchev–Trinajstić information content (AvgIpc) is 2.71. The van der Waals surface area contributed by atoms with Gasteiger partial charge >= 0.3 is 12.1 Å². The smallest absolute Gasteiger partial charge is 0.461 e. The molecule has 0 fully saturated rings. The molecule has 0 saturated carbocycles. The molecule has 0 rings (SSSR count). The second-order valence-corrected chi connectivity index (χ2v) is 7.08. The largest absolute Gasteiger partial charge is 0.509 e. The number of ether oxygens (including phenoxy) is 5. The molecule has 0 aromatic rings. The summed E-state index contributed by atoms with van der Waals surface area (Å²) in [5, 5.41) is 0. The van der Waals surface area contributed by atoms with Crippen molar-refractivity contribution in [1.82, 2.24) is 0 Å². The van der Waals surface area contributed by atoms with Gasteiger partial charge < -0.3 is 23.7 Å². The van der Waals surface area contributed by atoms with E-state index in [4.69, 9.17) is 23.7 Å². The van der Waals surface area contributed by atoms with Crippen molar-refractivity contribution >= 4 is 12.1 Å². The van der Waals surface area contributed by atoms with E-state index >= 15 is 0 Å². The second kappa shape index (κ2) is 21.4. The number of unbranched alkanes of at least 4 members (excludes halogenated alkanes) is 8. The van der Waals surface area contributed by atoms with Crippen molar-refractivity contribution in [3.63, 3.8) is 0 Å². The average molecular weight is 419 g/mol. The molecule has 1 unspecified atom stereocenters. The second-order valence-electron chi connectivity index (χ2n) is 7.08. The summed E-state index contributed by atoms with van der Waals surface area (Å²) in [5.41, 5.74) is 0. The Labute approximate surface area is 176 Å². The number of rotatable bonds is 20. The Morgan fingerprint density at radius 3 is 1.83 bits per heavy atom. The minimum atomic E-state index is -1.00. The number of carbonyl (C=O) groups is 2. The molecule has 29 heavy (non-hydrogen) atoms. The van der Waals surface area contributed by atoms with Gasteiger partial charge in [-0.3, -0.25) is 0 Å². The van der Waals surface area contributed by atoms with Gasteiger partial charge in [-0.2, -0.15) is 0 Å². The number of carbonyl (C=O) groups excluding carboxylic acids is 2. The van der Waals surface area contributed by atoms with Crippen molar-refractivity contribution in [3.05, 3.63) is 0 Å². The van der Waals surface area contributed by atoms with E-state index in [1.54, 1.807) is 0 Å². The van der Waals surface area contributed by atoms with Crippen LogP contribution in [-0.4, -0.2) is 57.9 Å². The summed E-state index contributed by atoms with van der Waals surface area (Å²) >= 11 is 0. The summed E-state index contributed by atoms with van der Waals surface area (Å²) in [6, 6.07) is 0. The van der Waals surface area contributed by atoms with Crippen LogP contribution in [-0.2, 0) is 28.5 Å². The van der Waals surface area contributed by atoms with E-state index < -0.39 is 18.2 Å². The third-order valence-corrected chi connectivity index (χ3v) is 4.31. The van der Waals surface area contributed by atoms with Gasteiger partial charge in [0, 0.05) is 6.61 Å². The fraction of sp³-hybridized carbons (Fsp3) is 0.909. The van der Waals surface area contributed by atoms with Crippen LogP contribution in [0.4, 0.5) is 4.79 Å². The van der Waals surface area contributed by atoms with Crippen molar-refractivity contribution in [1.29, 1.82) is 0 Å². The molecule has 0 N–H and O–H groups in total. The zero-order valence-corrected chi connectivity index (χ0v) is 18.7. The van der Waals surface area contributed by atoms with Crippen LogP contribution in [0.25, 0.3) is 0 Å². The first-order chi connectivity index (χ1) is 14.1. The van der Waals surface area contributed by atoms with Crippen molar-refractivity contribution in [2.75, 3.05) is 39.6 Å². The number of esters is 1. The Bertz CT molecular complexity index is 387. The molecule has 0 amide bonds. The van der Waals surface area contributed by atoms with Gasteiger partial charge in [0.2, 0.25) is 0 Å². The molecule has 0 spiro atoms. The normalized spacial score (nSPS) is 11.8. The standard InChI is InChI=1S/C22H42O7/c1-4-6-8-9-10-11-12-13-15-28-22(24)29-20(3)21(23)27-19-18-26-17-16-25-14-7-5-2/h20H,4-19H2,1-3H3. The highest BCUT2D eigenvalue weighted by Crippen LogP contribution is 2.08. The monoisotopic (exact) mass is 418 g/mol. The summed E-state index contributed by atoms with van der Waals surface area (Å²) in [5.74, 6) is -0.614. The van der Waals surface area contributed by atoms with E-state index in [2.05, 4.69) is 13.8 Å². The molecule has 172 valence electrons. The highest BCUT2D eigenvalue weighted by atomic mass is 16.7. The summed E-state index contributed by atoms with van der Waals surface area (Å²) in [6.45, 7) is 8.18. The summed E-state index contributed by atoms with van der Waals surface area (Å²) in [6.07, 6.45) is 9.64. The molecule has 0 aliphatic carbocycles. The van der Waals surface area contributed by atoms with Crippen molar-refractivity contribution in [3.8, 4) is 0 Å². The van der Waals surface area contributed by atoms with E-state index in [1.165, 1.54) is 39.0 Å². The first-order valence-corrected chi connectivity index (χ1v) is 11.3. The SMILES string of the molecule is CCCCCCCCCCOC(=O)OC(C)C(=O)OCCOCCOCCCC. The minimum Gasteiger partial charge on any atom is -0.461 e. The Hall–Kier alpha value is -1.34. The molecule has 0 radical (unpaired) electrons. The molecule has 1 atom stereocenters. The van der Waals surface area contributed by atoms with Gasteiger partial charge in [-0.25, -0.2) is 9.59 Å². The lowest BCUT2D eigenvalue weighted by atomic mass is 10.1. The molecule has 0 aromatic heterocycles. The Balaban J connectivity index is 3.50. The Morgan fingerprint density at radius 1 is 0.621 bits per heavy atom. The number of hydrogen-bond donors (Lipinski definition) is 0. The lowest BCUT2D eigenvalue weighted by Gasteiger charge is -2.13. The summed E-state index contributed by atoms with van der Waals surface area (Å²) < 4.78 is 25.6. The molecular weight excluding hydrogens is 376 g/mol. The van der Waals surface area contributed by atoms with E-state index in [9.17, 15) is 9.59 Å². The van der Waals surface area contributed by atoms with Crippen LogP contribution >= 0.6 is 0 Å². The van der Waals surface area contributed by atoms with Gasteiger partial charge in [0.05, 0.1) is 26.4 Å². The molecular formula is C22H42O7. The van der Waals surface area contributed by atoms with Gasteiger partial charge in [0.25, 0.3) is 0 Å². The third kappa shape index (κ3) is 19.7. The molecule has 0 aliphatic heterocycles. The van der Waals surface area contributed by atoms with Crippen LogP contribution in [0.15, 0.2) is 0 Å². The van der Waals surface area contributed by atoms with E-state index in [0.717, 1.165) is 38.7 Å². The van der Waals surface area contributed by atoms with Crippen molar-refractivity contribution in [2.24, 2.45) is 0 Å². The van der Waals surface area contributed by atoms with Gasteiger partial charge in [-0.15, -0.1) is 0 Å². The van der Waals surface area contributed by atoms with Crippen molar-refractivity contribution in [2.45, 2.75) is 91.1 Å². The summed E-state index contributed by atoms with van der Waals surface area (Å²) in [4.78, 5) is 23.4. The molecule has 0 bridgehead atoms. The maximum Gasteiger partial charge on any atom is 0.509 e.